The Bertz CT molecular complexity index is 806. The van der Waals surface area contributed by atoms with Gasteiger partial charge in [-0.25, -0.2) is 14.6 Å². The molecule has 23 heavy (non-hydrogen) atoms. The average molecular weight is 309 g/mol. The summed E-state index contributed by atoms with van der Waals surface area (Å²) in [6.45, 7) is 5.84. The Hall–Kier alpha value is -2.47. The lowest BCUT2D eigenvalue weighted by molar-refractivity contribution is -0.00537. The number of aromatic nitrogens is 4. The molecule has 3 heterocycles. The molecule has 1 aromatic carbocycles. The second-order valence-electron chi connectivity index (χ2n) is 5.99. The van der Waals surface area contributed by atoms with Crippen molar-refractivity contribution in [1.82, 2.24) is 19.7 Å². The zero-order chi connectivity index (χ0) is 15.8. The normalized spacial score (nSPS) is 21.7. The van der Waals surface area contributed by atoms with Crippen LogP contribution in [0.2, 0.25) is 0 Å². The van der Waals surface area contributed by atoms with Gasteiger partial charge in [0.15, 0.2) is 5.65 Å². The predicted octanol–water partition coefficient (Wildman–Crippen LogP) is 2.43. The topological polar surface area (TPSA) is 56.1 Å². The molecule has 4 rings (SSSR count). The smallest absolute Gasteiger partial charge is 0.168 e. The summed E-state index contributed by atoms with van der Waals surface area (Å²) in [7, 11) is 0. The number of hydrogen-bond acceptors (Lipinski definition) is 5. The number of fused-ring (bicyclic) bond motifs is 1. The van der Waals surface area contributed by atoms with Gasteiger partial charge in [-0.15, -0.1) is 0 Å². The molecule has 0 spiro atoms. The van der Waals surface area contributed by atoms with Crippen LogP contribution in [0.15, 0.2) is 42.9 Å². The van der Waals surface area contributed by atoms with E-state index < -0.39 is 0 Å². The molecule has 3 aromatic rings. The highest BCUT2D eigenvalue weighted by Gasteiger charge is 2.25. The molecule has 1 saturated heterocycles. The van der Waals surface area contributed by atoms with Crippen molar-refractivity contribution in [3.05, 3.63) is 42.9 Å². The van der Waals surface area contributed by atoms with E-state index in [0.717, 1.165) is 35.6 Å². The van der Waals surface area contributed by atoms with Crippen molar-refractivity contribution in [3.63, 3.8) is 0 Å². The van der Waals surface area contributed by atoms with Gasteiger partial charge in [0, 0.05) is 13.1 Å². The van der Waals surface area contributed by atoms with Gasteiger partial charge in [0.1, 0.15) is 12.1 Å². The molecule has 6 heteroatoms. The third-order valence-electron chi connectivity index (χ3n) is 4.06. The van der Waals surface area contributed by atoms with E-state index in [9.17, 15) is 0 Å². The number of anilines is 1. The third kappa shape index (κ3) is 2.55. The summed E-state index contributed by atoms with van der Waals surface area (Å²) < 4.78 is 7.67. The molecule has 1 fully saturated rings. The van der Waals surface area contributed by atoms with Gasteiger partial charge < -0.3 is 9.64 Å². The Morgan fingerprint density at radius 2 is 1.78 bits per heavy atom. The largest absolute Gasteiger partial charge is 0.372 e. The van der Waals surface area contributed by atoms with Crippen LogP contribution in [0, 0.1) is 0 Å². The molecule has 0 saturated carbocycles. The molecule has 0 bridgehead atoms. The highest BCUT2D eigenvalue weighted by Crippen LogP contribution is 2.26. The fourth-order valence-corrected chi connectivity index (χ4v) is 3.19. The fourth-order valence-electron chi connectivity index (χ4n) is 3.19. The second kappa shape index (κ2) is 5.62. The molecule has 2 aromatic heterocycles. The van der Waals surface area contributed by atoms with Crippen molar-refractivity contribution in [3.8, 4) is 5.69 Å². The highest BCUT2D eigenvalue weighted by atomic mass is 16.5. The summed E-state index contributed by atoms with van der Waals surface area (Å²) in [5, 5.41) is 5.49. The molecule has 0 amide bonds. The zero-order valence-electron chi connectivity index (χ0n) is 13.3. The lowest BCUT2D eigenvalue weighted by Gasteiger charge is -2.36. The highest BCUT2D eigenvalue weighted by molar-refractivity contribution is 5.87. The monoisotopic (exact) mass is 309 g/mol. The summed E-state index contributed by atoms with van der Waals surface area (Å²) in [4.78, 5) is 11.2. The van der Waals surface area contributed by atoms with Gasteiger partial charge in [0.2, 0.25) is 0 Å². The van der Waals surface area contributed by atoms with E-state index in [1.807, 2.05) is 41.2 Å². The van der Waals surface area contributed by atoms with Crippen LogP contribution in [0.4, 0.5) is 5.82 Å². The predicted molar refractivity (Wildman–Crippen MR) is 88.9 cm³/mol. The van der Waals surface area contributed by atoms with Crippen molar-refractivity contribution < 1.29 is 4.74 Å². The van der Waals surface area contributed by atoms with Crippen LogP contribution in [0.25, 0.3) is 16.7 Å². The van der Waals surface area contributed by atoms with E-state index in [0.29, 0.717) is 0 Å². The lowest BCUT2D eigenvalue weighted by atomic mass is 10.2. The Kier molecular flexibility index (Phi) is 3.46. The summed E-state index contributed by atoms with van der Waals surface area (Å²) in [6.07, 6.45) is 3.84. The molecular formula is C17H19N5O. The molecule has 118 valence electrons. The number of benzene rings is 1. The number of morpholine rings is 1. The van der Waals surface area contributed by atoms with E-state index >= 15 is 0 Å². The van der Waals surface area contributed by atoms with Crippen molar-refractivity contribution in [2.75, 3.05) is 18.0 Å². The average Bonchev–Trinajstić information content (AvgIpc) is 2.98. The standard InChI is InChI=1S/C17H19N5O/c1-12-9-21(10-13(2)23-12)16-15-8-20-22(17(15)19-11-18-16)14-6-4-3-5-7-14/h3-8,11-13H,9-10H2,1-2H3/t12-,13-/m0/s1. The van der Waals surface area contributed by atoms with Gasteiger partial charge in [-0.1, -0.05) is 18.2 Å². The van der Waals surface area contributed by atoms with Gasteiger partial charge in [-0.2, -0.15) is 5.10 Å². The van der Waals surface area contributed by atoms with Crippen LogP contribution in [0.5, 0.6) is 0 Å². The second-order valence-corrected chi connectivity index (χ2v) is 5.99. The molecule has 0 radical (unpaired) electrons. The molecule has 1 aliphatic heterocycles. The Morgan fingerprint density at radius 1 is 1.04 bits per heavy atom. The first-order valence-electron chi connectivity index (χ1n) is 7.87. The van der Waals surface area contributed by atoms with Gasteiger partial charge in [-0.3, -0.25) is 0 Å². The lowest BCUT2D eigenvalue weighted by Crippen LogP contribution is -2.45. The molecular weight excluding hydrogens is 290 g/mol. The summed E-state index contributed by atoms with van der Waals surface area (Å²) in [6, 6.07) is 10.0. The van der Waals surface area contributed by atoms with Crippen LogP contribution in [0.1, 0.15) is 13.8 Å². The minimum absolute atomic E-state index is 0.188. The van der Waals surface area contributed by atoms with Crippen LogP contribution >= 0.6 is 0 Å². The van der Waals surface area contributed by atoms with Gasteiger partial charge >= 0.3 is 0 Å². The van der Waals surface area contributed by atoms with Crippen molar-refractivity contribution >= 4 is 16.9 Å². The van der Waals surface area contributed by atoms with Gasteiger partial charge in [0.25, 0.3) is 0 Å². The zero-order valence-corrected chi connectivity index (χ0v) is 13.3. The molecule has 1 aliphatic rings. The minimum Gasteiger partial charge on any atom is -0.372 e. The number of rotatable bonds is 2. The quantitative estimate of drug-likeness (QED) is 0.728. The Morgan fingerprint density at radius 3 is 2.52 bits per heavy atom. The Labute approximate surface area is 134 Å². The number of hydrogen-bond donors (Lipinski definition) is 0. The van der Waals surface area contributed by atoms with E-state index in [2.05, 4.69) is 33.8 Å². The van der Waals surface area contributed by atoms with Crippen LogP contribution in [-0.4, -0.2) is 45.0 Å². The molecule has 0 N–H and O–H groups in total. The summed E-state index contributed by atoms with van der Waals surface area (Å²) in [5.74, 6) is 0.930. The third-order valence-corrected chi connectivity index (χ3v) is 4.06. The summed E-state index contributed by atoms with van der Waals surface area (Å²) in [5.41, 5.74) is 1.82. The Balaban J connectivity index is 1.79. The van der Waals surface area contributed by atoms with E-state index in [-0.39, 0.29) is 12.2 Å². The molecule has 6 nitrogen and oxygen atoms in total. The SMILES string of the molecule is C[C@H]1CN(c2ncnc3c2cnn3-c2ccccc2)C[C@H](C)O1. The molecule has 2 atom stereocenters. The number of ether oxygens (including phenoxy) is 1. The van der Waals surface area contributed by atoms with Crippen molar-refractivity contribution in [2.24, 2.45) is 0 Å². The number of nitrogens with zero attached hydrogens (tertiary/aromatic N) is 5. The van der Waals surface area contributed by atoms with Crippen LogP contribution in [0.3, 0.4) is 0 Å². The maximum atomic E-state index is 5.82. The van der Waals surface area contributed by atoms with Gasteiger partial charge in [0.05, 0.1) is 29.5 Å². The molecule has 0 unspecified atom stereocenters. The first-order chi connectivity index (χ1) is 11.2. The van der Waals surface area contributed by atoms with Crippen molar-refractivity contribution in [2.45, 2.75) is 26.1 Å². The van der Waals surface area contributed by atoms with Crippen molar-refractivity contribution in [1.29, 1.82) is 0 Å². The maximum absolute atomic E-state index is 5.82. The van der Waals surface area contributed by atoms with E-state index in [4.69, 9.17) is 4.74 Å². The van der Waals surface area contributed by atoms with Crippen LogP contribution in [-0.2, 0) is 4.74 Å². The minimum atomic E-state index is 0.188. The first-order valence-corrected chi connectivity index (χ1v) is 7.87. The fraction of sp³-hybridized carbons (Fsp3) is 0.353. The molecule has 0 aliphatic carbocycles. The van der Waals surface area contributed by atoms with E-state index in [1.54, 1.807) is 6.33 Å². The number of para-hydroxylation sites is 1. The first kappa shape index (κ1) is 14.1. The van der Waals surface area contributed by atoms with Gasteiger partial charge in [-0.05, 0) is 26.0 Å². The van der Waals surface area contributed by atoms with E-state index in [1.165, 1.54) is 0 Å². The maximum Gasteiger partial charge on any atom is 0.168 e. The summed E-state index contributed by atoms with van der Waals surface area (Å²) >= 11 is 0. The van der Waals surface area contributed by atoms with Crippen LogP contribution < -0.4 is 4.90 Å².